The Morgan fingerprint density at radius 1 is 1.23 bits per heavy atom. The molecular weight excluding hydrogens is 282 g/mol. The van der Waals surface area contributed by atoms with Gasteiger partial charge in [-0.25, -0.2) is 9.48 Å². The molecule has 0 saturated carbocycles. The summed E-state index contributed by atoms with van der Waals surface area (Å²) in [5, 5.41) is 15.9. The van der Waals surface area contributed by atoms with Crippen molar-refractivity contribution in [1.82, 2.24) is 15.1 Å². The second kappa shape index (κ2) is 6.89. The SMILES string of the molecule is CC(C)CC(NC(=O)c1ccn(-c2ccccc2)n1)C(=O)O. The Kier molecular flexibility index (Phi) is 4.93. The molecular formula is C16H19N3O3. The minimum absolute atomic E-state index is 0.170. The summed E-state index contributed by atoms with van der Waals surface area (Å²) in [4.78, 5) is 23.3. The fraction of sp³-hybridized carbons (Fsp3) is 0.312. The molecule has 0 aliphatic rings. The number of carboxylic acid groups (broad SMARTS) is 1. The quantitative estimate of drug-likeness (QED) is 0.855. The average molecular weight is 301 g/mol. The van der Waals surface area contributed by atoms with Crippen molar-refractivity contribution in [2.75, 3.05) is 0 Å². The summed E-state index contributed by atoms with van der Waals surface area (Å²) in [6.07, 6.45) is 2.04. The molecule has 0 radical (unpaired) electrons. The normalized spacial score (nSPS) is 12.1. The van der Waals surface area contributed by atoms with Crippen molar-refractivity contribution in [2.24, 2.45) is 5.92 Å². The highest BCUT2D eigenvalue weighted by Crippen LogP contribution is 2.09. The van der Waals surface area contributed by atoms with E-state index in [2.05, 4.69) is 10.4 Å². The van der Waals surface area contributed by atoms with E-state index in [0.29, 0.717) is 6.42 Å². The number of para-hydroxylation sites is 1. The maximum Gasteiger partial charge on any atom is 0.326 e. The monoisotopic (exact) mass is 301 g/mol. The van der Waals surface area contributed by atoms with Crippen molar-refractivity contribution < 1.29 is 14.7 Å². The number of nitrogens with zero attached hydrogens (tertiary/aromatic N) is 2. The van der Waals surface area contributed by atoms with Crippen LogP contribution in [-0.2, 0) is 4.79 Å². The van der Waals surface area contributed by atoms with Gasteiger partial charge in [-0.3, -0.25) is 4.79 Å². The third-order valence-electron chi connectivity index (χ3n) is 3.15. The largest absolute Gasteiger partial charge is 0.480 e. The molecule has 6 nitrogen and oxygen atoms in total. The zero-order valence-electron chi connectivity index (χ0n) is 12.6. The van der Waals surface area contributed by atoms with Crippen LogP contribution in [0, 0.1) is 5.92 Å². The van der Waals surface area contributed by atoms with Crippen LogP contribution in [0.3, 0.4) is 0 Å². The fourth-order valence-corrected chi connectivity index (χ4v) is 2.09. The van der Waals surface area contributed by atoms with Gasteiger partial charge >= 0.3 is 5.97 Å². The Hall–Kier alpha value is -2.63. The first-order chi connectivity index (χ1) is 10.5. The molecule has 116 valence electrons. The maximum absolute atomic E-state index is 12.1. The first-order valence-corrected chi connectivity index (χ1v) is 7.12. The zero-order valence-corrected chi connectivity index (χ0v) is 12.6. The van der Waals surface area contributed by atoms with Gasteiger partial charge in [0, 0.05) is 6.20 Å². The molecule has 1 aromatic heterocycles. The second-order valence-corrected chi connectivity index (χ2v) is 5.47. The molecule has 2 rings (SSSR count). The van der Waals surface area contributed by atoms with Gasteiger partial charge in [-0.05, 0) is 30.5 Å². The molecule has 2 N–H and O–H groups in total. The Labute approximate surface area is 128 Å². The van der Waals surface area contributed by atoms with E-state index in [1.54, 1.807) is 16.9 Å². The number of carbonyl (C=O) groups is 2. The van der Waals surface area contributed by atoms with Gasteiger partial charge in [0.2, 0.25) is 0 Å². The zero-order chi connectivity index (χ0) is 16.1. The van der Waals surface area contributed by atoms with Crippen molar-refractivity contribution in [2.45, 2.75) is 26.3 Å². The molecule has 0 saturated heterocycles. The maximum atomic E-state index is 12.1. The number of benzene rings is 1. The summed E-state index contributed by atoms with van der Waals surface area (Å²) in [6.45, 7) is 3.82. The van der Waals surface area contributed by atoms with Crippen LogP contribution in [0.15, 0.2) is 42.6 Å². The Morgan fingerprint density at radius 3 is 2.50 bits per heavy atom. The van der Waals surface area contributed by atoms with Crippen LogP contribution in [-0.4, -0.2) is 32.8 Å². The van der Waals surface area contributed by atoms with Crippen LogP contribution in [0.4, 0.5) is 0 Å². The lowest BCUT2D eigenvalue weighted by Gasteiger charge is -2.15. The van der Waals surface area contributed by atoms with Crippen molar-refractivity contribution in [3.8, 4) is 5.69 Å². The number of carboxylic acids is 1. The second-order valence-electron chi connectivity index (χ2n) is 5.47. The molecule has 6 heteroatoms. The van der Waals surface area contributed by atoms with E-state index >= 15 is 0 Å². The molecule has 22 heavy (non-hydrogen) atoms. The van der Waals surface area contributed by atoms with Gasteiger partial charge in [0.25, 0.3) is 5.91 Å². The molecule has 0 spiro atoms. The topological polar surface area (TPSA) is 84.2 Å². The van der Waals surface area contributed by atoms with E-state index in [-0.39, 0.29) is 11.6 Å². The number of aliphatic carboxylic acids is 1. The number of amides is 1. The van der Waals surface area contributed by atoms with Crippen LogP contribution in [0.25, 0.3) is 5.69 Å². The predicted octanol–water partition coefficient (Wildman–Crippen LogP) is 2.10. The molecule has 1 atom stereocenters. The number of nitrogens with one attached hydrogen (secondary N) is 1. The minimum Gasteiger partial charge on any atom is -0.480 e. The molecule has 0 fully saturated rings. The summed E-state index contributed by atoms with van der Waals surface area (Å²) in [6, 6.07) is 10.0. The summed E-state index contributed by atoms with van der Waals surface area (Å²) >= 11 is 0. The lowest BCUT2D eigenvalue weighted by molar-refractivity contribution is -0.139. The number of aromatic nitrogens is 2. The molecule has 1 amide bonds. The first kappa shape index (κ1) is 15.8. The molecule has 2 aromatic rings. The van der Waals surface area contributed by atoms with E-state index in [0.717, 1.165) is 5.69 Å². The van der Waals surface area contributed by atoms with Crippen molar-refractivity contribution in [1.29, 1.82) is 0 Å². The number of rotatable bonds is 6. The van der Waals surface area contributed by atoms with Gasteiger partial charge in [-0.2, -0.15) is 5.10 Å². The molecule has 0 bridgehead atoms. The molecule has 1 aromatic carbocycles. The fourth-order valence-electron chi connectivity index (χ4n) is 2.09. The summed E-state index contributed by atoms with van der Waals surface area (Å²) in [5.74, 6) is -1.35. The summed E-state index contributed by atoms with van der Waals surface area (Å²) in [5.41, 5.74) is 1.03. The van der Waals surface area contributed by atoms with E-state index in [9.17, 15) is 9.59 Å². The predicted molar refractivity (Wildman–Crippen MR) is 81.9 cm³/mol. The molecule has 1 unspecified atom stereocenters. The molecule has 1 heterocycles. The number of carbonyl (C=O) groups excluding carboxylic acids is 1. The highest BCUT2D eigenvalue weighted by Gasteiger charge is 2.22. The third-order valence-corrected chi connectivity index (χ3v) is 3.15. The van der Waals surface area contributed by atoms with Crippen LogP contribution in [0.5, 0.6) is 0 Å². The van der Waals surface area contributed by atoms with Crippen LogP contribution >= 0.6 is 0 Å². The number of hydrogen-bond donors (Lipinski definition) is 2. The van der Waals surface area contributed by atoms with Gasteiger partial charge in [-0.15, -0.1) is 0 Å². The summed E-state index contributed by atoms with van der Waals surface area (Å²) in [7, 11) is 0. The molecule has 0 aliphatic heterocycles. The van der Waals surface area contributed by atoms with Crippen LogP contribution in [0.2, 0.25) is 0 Å². The van der Waals surface area contributed by atoms with E-state index in [1.165, 1.54) is 0 Å². The lowest BCUT2D eigenvalue weighted by Crippen LogP contribution is -2.41. The highest BCUT2D eigenvalue weighted by atomic mass is 16.4. The van der Waals surface area contributed by atoms with Gasteiger partial charge in [0.05, 0.1) is 5.69 Å². The van der Waals surface area contributed by atoms with Crippen molar-refractivity contribution in [3.63, 3.8) is 0 Å². The number of hydrogen-bond acceptors (Lipinski definition) is 3. The smallest absolute Gasteiger partial charge is 0.326 e. The lowest BCUT2D eigenvalue weighted by atomic mass is 10.0. The van der Waals surface area contributed by atoms with Crippen LogP contribution in [0.1, 0.15) is 30.8 Å². The van der Waals surface area contributed by atoms with Gasteiger partial charge in [-0.1, -0.05) is 32.0 Å². The van der Waals surface area contributed by atoms with Crippen molar-refractivity contribution in [3.05, 3.63) is 48.3 Å². The van der Waals surface area contributed by atoms with E-state index in [4.69, 9.17) is 5.11 Å². The Bertz CT molecular complexity index is 650. The Morgan fingerprint density at radius 2 is 1.91 bits per heavy atom. The van der Waals surface area contributed by atoms with Gasteiger partial charge < -0.3 is 10.4 Å². The van der Waals surface area contributed by atoms with Gasteiger partial charge in [0.15, 0.2) is 5.69 Å². The average Bonchev–Trinajstić information content (AvgIpc) is 2.96. The van der Waals surface area contributed by atoms with E-state index in [1.807, 2.05) is 44.2 Å². The van der Waals surface area contributed by atoms with Crippen molar-refractivity contribution >= 4 is 11.9 Å². The highest BCUT2D eigenvalue weighted by molar-refractivity contribution is 5.94. The molecule has 0 aliphatic carbocycles. The Balaban J connectivity index is 2.10. The van der Waals surface area contributed by atoms with E-state index < -0.39 is 17.9 Å². The van der Waals surface area contributed by atoms with Gasteiger partial charge in [0.1, 0.15) is 6.04 Å². The minimum atomic E-state index is -1.04. The van der Waals surface area contributed by atoms with Crippen LogP contribution < -0.4 is 5.32 Å². The standard InChI is InChI=1S/C16H19N3O3/c1-11(2)10-14(16(21)22)17-15(20)13-8-9-19(18-13)12-6-4-3-5-7-12/h3-9,11,14H,10H2,1-2H3,(H,17,20)(H,21,22). The summed E-state index contributed by atoms with van der Waals surface area (Å²) < 4.78 is 1.58. The third kappa shape index (κ3) is 3.94. The first-order valence-electron chi connectivity index (χ1n) is 7.12.